The Bertz CT molecular complexity index is 1050. The van der Waals surface area contributed by atoms with E-state index in [1.54, 1.807) is 24.3 Å². The fourth-order valence-electron chi connectivity index (χ4n) is 2.46. The minimum absolute atomic E-state index is 0.171. The molecule has 0 aliphatic carbocycles. The van der Waals surface area contributed by atoms with Gasteiger partial charge in [-0.2, -0.15) is 8.42 Å². The minimum Gasteiger partial charge on any atom is -0.430 e. The third kappa shape index (κ3) is 4.94. The van der Waals surface area contributed by atoms with Gasteiger partial charge in [0.15, 0.2) is 3.57 Å². The number of hydrogen-bond acceptors (Lipinski definition) is 4. The highest BCUT2D eigenvalue weighted by molar-refractivity contribution is 7.86. The molecular formula is C21H25IO4SSi+. The highest BCUT2D eigenvalue weighted by atomic mass is 127. The van der Waals surface area contributed by atoms with E-state index in [4.69, 9.17) is 6.93 Å². The van der Waals surface area contributed by atoms with E-state index in [-0.39, 0.29) is 4.90 Å². The summed E-state index contributed by atoms with van der Waals surface area (Å²) in [7, 11) is -5.53. The molecular weight excluding hydrogens is 503 g/mol. The van der Waals surface area contributed by atoms with Crippen LogP contribution in [0.4, 0.5) is 0 Å². The number of hydrogen-bond donors (Lipinski definition) is 0. The van der Waals surface area contributed by atoms with Crippen LogP contribution < -0.4 is 25.6 Å². The molecule has 28 heavy (non-hydrogen) atoms. The van der Waals surface area contributed by atoms with Gasteiger partial charge in [0.2, 0.25) is 0 Å². The summed E-state index contributed by atoms with van der Waals surface area (Å²) in [5.74, 6) is 0. The normalized spacial score (nSPS) is 12.5. The van der Waals surface area contributed by atoms with Gasteiger partial charge in [0.1, 0.15) is 8.07 Å². The molecule has 1 radical (unpaired) electrons. The molecule has 0 fully saturated rings. The van der Waals surface area contributed by atoms with Gasteiger partial charge in [0.05, 0.1) is 10.3 Å². The summed E-state index contributed by atoms with van der Waals surface area (Å²) < 4.78 is 39.4. The molecule has 0 bridgehead atoms. The lowest BCUT2D eigenvalue weighted by atomic mass is 10.2. The molecule has 0 atom stereocenters. The number of benzene rings is 2. The quantitative estimate of drug-likeness (QED) is 0.359. The summed E-state index contributed by atoms with van der Waals surface area (Å²) in [6.07, 6.45) is 0. The number of aryl methyl sites for hydroxylation is 2. The lowest BCUT2D eigenvalue weighted by Crippen LogP contribution is -3.85. The third-order valence-electron chi connectivity index (χ3n) is 4.15. The van der Waals surface area contributed by atoms with Crippen molar-refractivity contribution in [1.82, 2.24) is 0 Å². The molecule has 0 spiro atoms. The largest absolute Gasteiger partial charge is 0.430 e. The molecule has 2 aromatic carbocycles. The first-order valence-corrected chi connectivity index (χ1v) is 16.9. The van der Waals surface area contributed by atoms with Crippen molar-refractivity contribution in [3.63, 3.8) is 0 Å². The smallest absolute Gasteiger partial charge is 0.363 e. The van der Waals surface area contributed by atoms with E-state index in [2.05, 4.69) is 19.6 Å². The number of halogens is 1. The van der Waals surface area contributed by atoms with Crippen molar-refractivity contribution >= 4 is 23.6 Å². The average molecular weight is 528 g/mol. The zero-order valence-electron chi connectivity index (χ0n) is 16.7. The average Bonchev–Trinajstić information content (AvgIpc) is 3.11. The van der Waals surface area contributed by atoms with E-state index >= 15 is 0 Å². The molecule has 7 heteroatoms. The van der Waals surface area contributed by atoms with Crippen LogP contribution in [0.3, 0.4) is 0 Å². The summed E-state index contributed by atoms with van der Waals surface area (Å²) in [6.45, 7) is 10.5. The molecule has 4 nitrogen and oxygen atoms in total. The van der Waals surface area contributed by atoms with Crippen molar-refractivity contribution in [1.29, 1.82) is 0 Å². The van der Waals surface area contributed by atoms with Crippen LogP contribution >= 0.6 is 0 Å². The number of rotatable bonds is 6. The first-order valence-electron chi connectivity index (χ1n) is 8.95. The van der Waals surface area contributed by atoms with Crippen LogP contribution in [0.15, 0.2) is 70.0 Å². The summed E-state index contributed by atoms with van der Waals surface area (Å²) >= 11 is -2.78. The van der Waals surface area contributed by atoms with Crippen molar-refractivity contribution < 1.29 is 35.6 Å². The van der Waals surface area contributed by atoms with Crippen molar-refractivity contribution in [2.45, 2.75) is 38.4 Å². The molecule has 0 aliphatic rings. The van der Waals surface area contributed by atoms with Crippen LogP contribution in [0.1, 0.15) is 11.1 Å². The molecule has 149 valence electrons. The van der Waals surface area contributed by atoms with E-state index in [1.807, 2.05) is 50.2 Å². The van der Waals surface area contributed by atoms with Crippen molar-refractivity contribution in [2.24, 2.45) is 0 Å². The first-order chi connectivity index (χ1) is 13.1. The Morgan fingerprint density at radius 1 is 0.821 bits per heavy atom. The van der Waals surface area contributed by atoms with Crippen LogP contribution in [0.25, 0.3) is 0 Å². The molecule has 1 aromatic heterocycles. The zero-order valence-corrected chi connectivity index (χ0v) is 20.7. The van der Waals surface area contributed by atoms with Gasteiger partial charge >= 0.3 is 34.1 Å². The first kappa shape index (κ1) is 21.3. The predicted molar refractivity (Wildman–Crippen MR) is 110 cm³/mol. The molecule has 0 aliphatic heterocycles. The summed E-state index contributed by atoms with van der Waals surface area (Å²) in [5.41, 5.74) is 2.11. The molecule has 0 saturated heterocycles. The van der Waals surface area contributed by atoms with Crippen molar-refractivity contribution in [2.75, 3.05) is 0 Å². The van der Waals surface area contributed by atoms with Crippen LogP contribution in [0.5, 0.6) is 0 Å². The van der Waals surface area contributed by atoms with Crippen LogP contribution in [-0.4, -0.2) is 16.5 Å². The van der Waals surface area contributed by atoms with Crippen LogP contribution in [0, 0.1) is 21.2 Å². The SMILES string of the molecule is Cc1ccc([I+](OS(=O)(=O)c2ccc(C)cc2)c2ccc([Si](C)(C)C)o2)cc1. The lowest BCUT2D eigenvalue weighted by Gasteiger charge is -2.10. The van der Waals surface area contributed by atoms with E-state index in [1.165, 1.54) is 0 Å². The standard InChI is InChI=1S/C21H25IO4SSi/c1-16-6-10-18(11-7-16)22(20-14-15-21(25-20)28(3,4)5)26-27(23,24)19-12-8-17(2)9-13-19/h6-15H,1-5H3/q+1. The van der Waals surface area contributed by atoms with Gasteiger partial charge in [-0.15, -0.1) is 0 Å². The van der Waals surface area contributed by atoms with E-state index in [0.29, 0.717) is 3.77 Å². The van der Waals surface area contributed by atoms with Crippen molar-refractivity contribution in [3.05, 3.63) is 79.1 Å². The van der Waals surface area contributed by atoms with Gasteiger partial charge in [-0.3, -0.25) is 0 Å². The van der Waals surface area contributed by atoms with E-state index in [0.717, 1.165) is 20.1 Å². The topological polar surface area (TPSA) is 56.5 Å². The summed E-state index contributed by atoms with van der Waals surface area (Å²) in [4.78, 5) is 0.171. The van der Waals surface area contributed by atoms with Gasteiger partial charge < -0.3 is 4.42 Å². The fraction of sp³-hybridized carbons (Fsp3) is 0.238. The predicted octanol–water partition coefficient (Wildman–Crippen LogP) is 1.43. The molecule has 0 N–H and O–H groups in total. The molecule has 0 amide bonds. The third-order valence-corrected chi connectivity index (χ3v) is 12.9. The Morgan fingerprint density at radius 3 is 1.86 bits per heavy atom. The maximum atomic E-state index is 13.0. The Morgan fingerprint density at radius 2 is 1.36 bits per heavy atom. The Balaban J connectivity index is 2.02. The van der Waals surface area contributed by atoms with Gasteiger partial charge in [0.25, 0.3) is 0 Å². The van der Waals surface area contributed by atoms with E-state index < -0.39 is 38.4 Å². The van der Waals surface area contributed by atoms with Gasteiger partial charge in [0, 0.05) is 6.07 Å². The summed E-state index contributed by atoms with van der Waals surface area (Å²) in [5, 5.41) is 0.952. The van der Waals surface area contributed by atoms with Gasteiger partial charge in [-0.1, -0.05) is 55.0 Å². The Hall–Kier alpha value is -1.42. The Labute approximate surface area is 176 Å². The lowest BCUT2D eigenvalue weighted by molar-refractivity contribution is -1.04. The number of furan rings is 1. The monoisotopic (exact) mass is 528 g/mol. The zero-order chi connectivity index (χ0) is 20.5. The maximum Gasteiger partial charge on any atom is 0.363 e. The van der Waals surface area contributed by atoms with Gasteiger partial charge in [-0.05, 0) is 46.7 Å². The van der Waals surface area contributed by atoms with E-state index in [9.17, 15) is 8.42 Å². The highest BCUT2D eigenvalue weighted by Gasteiger charge is 2.41. The van der Waals surface area contributed by atoms with Crippen LogP contribution in [0.2, 0.25) is 19.6 Å². The molecule has 0 saturated carbocycles. The van der Waals surface area contributed by atoms with Crippen LogP contribution in [-0.2, 0) is 12.6 Å². The maximum absolute atomic E-state index is 13.0. The molecule has 0 unspecified atom stereocenters. The molecule has 3 aromatic rings. The minimum atomic E-state index is -3.89. The summed E-state index contributed by atoms with van der Waals surface area (Å²) in [6, 6.07) is 18.4. The fourth-order valence-corrected chi connectivity index (χ4v) is 10.3. The Kier molecular flexibility index (Phi) is 6.19. The second-order valence-electron chi connectivity index (χ2n) is 7.73. The van der Waals surface area contributed by atoms with Gasteiger partial charge in [-0.25, -0.2) is 0 Å². The van der Waals surface area contributed by atoms with Crippen molar-refractivity contribution in [3.8, 4) is 0 Å². The highest BCUT2D eigenvalue weighted by Crippen LogP contribution is 2.11. The molecule has 3 rings (SSSR count). The second-order valence-corrected chi connectivity index (χ2v) is 19.0. The second kappa shape index (κ2) is 8.14. The molecule has 1 heterocycles.